The summed E-state index contributed by atoms with van der Waals surface area (Å²) in [6, 6.07) is 5.64. The first kappa shape index (κ1) is 13.2. The molecule has 0 saturated heterocycles. The van der Waals surface area contributed by atoms with Gasteiger partial charge in [0.1, 0.15) is 0 Å². The summed E-state index contributed by atoms with van der Waals surface area (Å²) < 4.78 is 0. The van der Waals surface area contributed by atoms with Crippen LogP contribution in [0.5, 0.6) is 0 Å². The molecule has 2 rings (SSSR count). The summed E-state index contributed by atoms with van der Waals surface area (Å²) in [6.45, 7) is 3.11. The summed E-state index contributed by atoms with van der Waals surface area (Å²) in [6.07, 6.45) is 6.53. The predicted octanol–water partition coefficient (Wildman–Crippen LogP) is 4.81. The van der Waals surface area contributed by atoms with Crippen LogP contribution in [0.1, 0.15) is 44.6 Å². The van der Waals surface area contributed by atoms with E-state index in [1.54, 1.807) is 0 Å². The lowest BCUT2D eigenvalue weighted by atomic mass is 9.83. The zero-order chi connectivity index (χ0) is 12.3. The van der Waals surface area contributed by atoms with Crippen LogP contribution in [0.15, 0.2) is 18.2 Å². The van der Waals surface area contributed by atoms with E-state index in [4.69, 9.17) is 23.2 Å². The van der Waals surface area contributed by atoms with Crippen molar-refractivity contribution in [3.63, 3.8) is 0 Å². The zero-order valence-electron chi connectivity index (χ0n) is 10.2. The molecule has 1 aliphatic carbocycles. The summed E-state index contributed by atoms with van der Waals surface area (Å²) in [7, 11) is 0. The molecule has 1 aromatic carbocycles. The van der Waals surface area contributed by atoms with Crippen molar-refractivity contribution in [1.29, 1.82) is 0 Å². The molecule has 0 aromatic heterocycles. The van der Waals surface area contributed by atoms with E-state index < -0.39 is 0 Å². The third-order valence-corrected chi connectivity index (χ3v) is 4.27. The van der Waals surface area contributed by atoms with Gasteiger partial charge in [-0.1, -0.05) is 42.5 Å². The highest BCUT2D eigenvalue weighted by Gasteiger charge is 2.25. The fourth-order valence-corrected chi connectivity index (χ4v) is 2.88. The van der Waals surface area contributed by atoms with Crippen molar-refractivity contribution < 1.29 is 0 Å². The highest BCUT2D eigenvalue weighted by molar-refractivity contribution is 6.33. The fraction of sp³-hybridized carbons (Fsp3) is 0.571. The molecule has 0 spiro atoms. The van der Waals surface area contributed by atoms with Crippen molar-refractivity contribution in [2.45, 2.75) is 51.1 Å². The van der Waals surface area contributed by atoms with Gasteiger partial charge in [-0.25, -0.2) is 0 Å². The summed E-state index contributed by atoms with van der Waals surface area (Å²) in [5, 5.41) is 5.18. The van der Waals surface area contributed by atoms with Crippen LogP contribution in [0.3, 0.4) is 0 Å². The molecule has 0 amide bonds. The number of hydrogen-bond donors (Lipinski definition) is 1. The maximum Gasteiger partial charge on any atom is 0.0451 e. The summed E-state index contributed by atoms with van der Waals surface area (Å²) in [4.78, 5) is 0. The molecular weight excluding hydrogens is 253 g/mol. The molecule has 0 aliphatic heterocycles. The van der Waals surface area contributed by atoms with Crippen molar-refractivity contribution in [3.05, 3.63) is 33.8 Å². The maximum absolute atomic E-state index is 6.16. The Morgan fingerprint density at radius 1 is 1.18 bits per heavy atom. The lowest BCUT2D eigenvalue weighted by Crippen LogP contribution is -2.43. The molecule has 0 bridgehead atoms. The minimum atomic E-state index is 0.268. The largest absolute Gasteiger partial charge is 0.307 e. The zero-order valence-corrected chi connectivity index (χ0v) is 11.7. The molecule has 0 atom stereocenters. The Kier molecular flexibility index (Phi) is 4.35. The minimum absolute atomic E-state index is 0.268. The van der Waals surface area contributed by atoms with E-state index in [1.807, 2.05) is 18.2 Å². The first-order chi connectivity index (χ1) is 8.09. The topological polar surface area (TPSA) is 12.0 Å². The van der Waals surface area contributed by atoms with Gasteiger partial charge in [-0.3, -0.25) is 0 Å². The molecule has 3 heteroatoms. The lowest BCUT2D eigenvalue weighted by molar-refractivity contribution is 0.252. The molecule has 1 aliphatic rings. The summed E-state index contributed by atoms with van der Waals surface area (Å²) >= 11 is 12.1. The number of rotatable bonds is 3. The number of benzene rings is 1. The Morgan fingerprint density at radius 2 is 1.88 bits per heavy atom. The van der Waals surface area contributed by atoms with Crippen LogP contribution in [0, 0.1) is 0 Å². The number of nitrogens with one attached hydrogen (secondary N) is 1. The first-order valence-corrected chi connectivity index (χ1v) is 7.04. The Labute approximate surface area is 114 Å². The summed E-state index contributed by atoms with van der Waals surface area (Å²) in [5.74, 6) is 0. The predicted molar refractivity (Wildman–Crippen MR) is 74.8 cm³/mol. The maximum atomic E-state index is 6.16. The van der Waals surface area contributed by atoms with Gasteiger partial charge in [-0.05, 0) is 43.5 Å². The molecule has 0 unspecified atom stereocenters. The van der Waals surface area contributed by atoms with Gasteiger partial charge >= 0.3 is 0 Å². The summed E-state index contributed by atoms with van der Waals surface area (Å²) in [5.41, 5.74) is 1.36. The van der Waals surface area contributed by atoms with Crippen molar-refractivity contribution in [2.24, 2.45) is 0 Å². The Balaban J connectivity index is 1.99. The molecule has 0 radical (unpaired) electrons. The molecular formula is C14H19Cl2N. The third-order valence-electron chi connectivity index (χ3n) is 3.67. The Bertz CT molecular complexity index is 384. The highest BCUT2D eigenvalue weighted by atomic mass is 35.5. The van der Waals surface area contributed by atoms with E-state index in [0.717, 1.165) is 22.2 Å². The molecule has 1 nitrogen and oxygen atoms in total. The molecule has 17 heavy (non-hydrogen) atoms. The molecule has 94 valence electrons. The minimum Gasteiger partial charge on any atom is -0.307 e. The average molecular weight is 272 g/mol. The quantitative estimate of drug-likeness (QED) is 0.832. The van der Waals surface area contributed by atoms with Gasteiger partial charge in [0, 0.05) is 22.1 Å². The van der Waals surface area contributed by atoms with Gasteiger partial charge in [0.25, 0.3) is 0 Å². The Hall–Kier alpha value is -0.240. The van der Waals surface area contributed by atoms with Crippen LogP contribution in [0.4, 0.5) is 0 Å². The van der Waals surface area contributed by atoms with Crippen molar-refractivity contribution in [2.75, 3.05) is 0 Å². The SMILES string of the molecule is CC1(NCc2cc(Cl)ccc2Cl)CCCCC1. The van der Waals surface area contributed by atoms with Crippen molar-refractivity contribution in [1.82, 2.24) is 5.32 Å². The van der Waals surface area contributed by atoms with Gasteiger partial charge in [0.05, 0.1) is 0 Å². The van der Waals surface area contributed by atoms with Crippen LogP contribution in [-0.2, 0) is 6.54 Å². The second-order valence-electron chi connectivity index (χ2n) is 5.21. The van der Waals surface area contributed by atoms with Gasteiger partial charge in [-0.15, -0.1) is 0 Å². The van der Waals surface area contributed by atoms with E-state index >= 15 is 0 Å². The van der Waals surface area contributed by atoms with Crippen LogP contribution in [0.2, 0.25) is 10.0 Å². The van der Waals surface area contributed by atoms with Crippen LogP contribution < -0.4 is 5.32 Å². The van der Waals surface area contributed by atoms with Crippen molar-refractivity contribution in [3.8, 4) is 0 Å². The standard InChI is InChI=1S/C14H19Cl2N/c1-14(7-3-2-4-8-14)17-10-11-9-12(15)5-6-13(11)16/h5-6,9,17H,2-4,7-8,10H2,1H3. The fourth-order valence-electron chi connectivity index (χ4n) is 2.50. The normalized spacial score (nSPS) is 19.2. The van der Waals surface area contributed by atoms with Crippen LogP contribution in [-0.4, -0.2) is 5.54 Å². The van der Waals surface area contributed by atoms with E-state index in [1.165, 1.54) is 32.1 Å². The Morgan fingerprint density at radius 3 is 2.59 bits per heavy atom. The van der Waals surface area contributed by atoms with E-state index in [2.05, 4.69) is 12.2 Å². The van der Waals surface area contributed by atoms with Gasteiger partial charge in [0.15, 0.2) is 0 Å². The molecule has 1 aromatic rings. The van der Waals surface area contributed by atoms with Gasteiger partial charge in [0.2, 0.25) is 0 Å². The molecule has 1 saturated carbocycles. The lowest BCUT2D eigenvalue weighted by Gasteiger charge is -2.35. The van der Waals surface area contributed by atoms with E-state index in [-0.39, 0.29) is 5.54 Å². The second kappa shape index (κ2) is 5.60. The van der Waals surface area contributed by atoms with Crippen LogP contribution in [0.25, 0.3) is 0 Å². The number of hydrogen-bond acceptors (Lipinski definition) is 1. The third kappa shape index (κ3) is 3.61. The smallest absolute Gasteiger partial charge is 0.0451 e. The van der Waals surface area contributed by atoms with E-state index in [9.17, 15) is 0 Å². The molecule has 1 N–H and O–H groups in total. The van der Waals surface area contributed by atoms with E-state index in [0.29, 0.717) is 0 Å². The van der Waals surface area contributed by atoms with Gasteiger partial charge in [-0.2, -0.15) is 0 Å². The van der Waals surface area contributed by atoms with Crippen molar-refractivity contribution >= 4 is 23.2 Å². The number of halogens is 2. The monoisotopic (exact) mass is 271 g/mol. The molecule has 0 heterocycles. The molecule has 1 fully saturated rings. The first-order valence-electron chi connectivity index (χ1n) is 6.28. The second-order valence-corrected chi connectivity index (χ2v) is 6.05. The average Bonchev–Trinajstić information content (AvgIpc) is 2.31. The van der Waals surface area contributed by atoms with Gasteiger partial charge < -0.3 is 5.32 Å². The highest BCUT2D eigenvalue weighted by Crippen LogP contribution is 2.28. The van der Waals surface area contributed by atoms with Crippen LogP contribution >= 0.6 is 23.2 Å².